The molecule has 0 fully saturated rings. The van der Waals surface area contributed by atoms with Crippen LogP contribution in [-0.2, 0) is 6.54 Å². The predicted molar refractivity (Wildman–Crippen MR) is 88.8 cm³/mol. The molecular weight excluding hydrogens is 330 g/mol. The van der Waals surface area contributed by atoms with Crippen LogP contribution in [0.5, 0.6) is 11.5 Å². The first-order chi connectivity index (χ1) is 10.0. The lowest BCUT2D eigenvalue weighted by molar-refractivity contribution is 0.371. The van der Waals surface area contributed by atoms with Gasteiger partial charge in [-0.15, -0.1) is 0 Å². The van der Waals surface area contributed by atoms with Crippen molar-refractivity contribution in [3.63, 3.8) is 0 Å². The van der Waals surface area contributed by atoms with Crippen molar-refractivity contribution in [3.8, 4) is 11.5 Å². The number of aromatic hydroxyl groups is 1. The number of rotatable bonds is 5. The van der Waals surface area contributed by atoms with E-state index in [-0.39, 0.29) is 11.8 Å². The lowest BCUT2D eigenvalue weighted by Gasteiger charge is -2.15. The van der Waals surface area contributed by atoms with Crippen LogP contribution in [0.15, 0.2) is 40.9 Å². The number of hydrogen-bond acceptors (Lipinski definition) is 3. The molecule has 0 saturated heterocycles. The van der Waals surface area contributed by atoms with Crippen LogP contribution in [0, 0.1) is 6.92 Å². The highest BCUT2D eigenvalue weighted by Crippen LogP contribution is 2.35. The Hall–Kier alpha value is -1.52. The third-order valence-corrected chi connectivity index (χ3v) is 4.10. The van der Waals surface area contributed by atoms with E-state index in [1.165, 1.54) is 11.1 Å². The van der Waals surface area contributed by atoms with Crippen LogP contribution in [0.3, 0.4) is 0 Å². The minimum atomic E-state index is 0.132. The molecule has 0 saturated carbocycles. The zero-order chi connectivity index (χ0) is 15.4. The van der Waals surface area contributed by atoms with Crippen LogP contribution in [0.4, 0.5) is 0 Å². The van der Waals surface area contributed by atoms with Gasteiger partial charge in [-0.25, -0.2) is 0 Å². The van der Waals surface area contributed by atoms with Crippen molar-refractivity contribution in [1.29, 1.82) is 0 Å². The van der Waals surface area contributed by atoms with E-state index < -0.39 is 0 Å². The molecule has 2 rings (SSSR count). The molecule has 0 bridgehead atoms. The summed E-state index contributed by atoms with van der Waals surface area (Å²) >= 11 is 3.34. The molecule has 0 heterocycles. The average molecular weight is 350 g/mol. The van der Waals surface area contributed by atoms with Crippen LogP contribution < -0.4 is 10.1 Å². The summed E-state index contributed by atoms with van der Waals surface area (Å²) in [6.45, 7) is 4.92. The third-order valence-electron chi connectivity index (χ3n) is 3.50. The number of benzene rings is 2. The molecule has 0 amide bonds. The number of phenols is 1. The number of halogens is 1. The Kier molecular flexibility index (Phi) is 5.26. The molecule has 0 aliphatic carbocycles. The summed E-state index contributed by atoms with van der Waals surface area (Å²) in [6, 6.07) is 12.5. The minimum Gasteiger partial charge on any atom is -0.503 e. The molecule has 3 nitrogen and oxygen atoms in total. The van der Waals surface area contributed by atoms with Gasteiger partial charge in [0.25, 0.3) is 0 Å². The molecule has 1 atom stereocenters. The van der Waals surface area contributed by atoms with Gasteiger partial charge in [0.05, 0.1) is 11.6 Å². The van der Waals surface area contributed by atoms with E-state index in [1.54, 1.807) is 7.11 Å². The normalized spacial score (nSPS) is 12.2. The Morgan fingerprint density at radius 3 is 2.52 bits per heavy atom. The standard InChI is InChI=1S/C17H20BrNO2/c1-11-4-6-14(7-5-11)12(2)19-10-13-8-15(18)17(20)16(9-13)21-3/h4-9,12,19-20H,10H2,1-3H3. The number of nitrogens with one attached hydrogen (secondary N) is 1. The van der Waals surface area contributed by atoms with Gasteiger partial charge in [0.1, 0.15) is 0 Å². The summed E-state index contributed by atoms with van der Waals surface area (Å²) < 4.78 is 5.80. The fourth-order valence-electron chi connectivity index (χ4n) is 2.13. The van der Waals surface area contributed by atoms with E-state index in [4.69, 9.17) is 4.74 Å². The van der Waals surface area contributed by atoms with Gasteiger partial charge in [-0.2, -0.15) is 0 Å². The molecule has 0 aromatic heterocycles. The molecule has 0 aliphatic rings. The topological polar surface area (TPSA) is 41.5 Å². The summed E-state index contributed by atoms with van der Waals surface area (Å²) in [5, 5.41) is 13.3. The molecule has 1 unspecified atom stereocenters. The minimum absolute atomic E-state index is 0.132. The van der Waals surface area contributed by atoms with Gasteiger partial charge in [-0.1, -0.05) is 29.8 Å². The van der Waals surface area contributed by atoms with E-state index in [2.05, 4.69) is 59.4 Å². The second kappa shape index (κ2) is 6.96. The number of ether oxygens (including phenoxy) is 1. The van der Waals surface area contributed by atoms with E-state index in [9.17, 15) is 5.11 Å². The maximum Gasteiger partial charge on any atom is 0.172 e. The van der Waals surface area contributed by atoms with E-state index in [1.807, 2.05) is 12.1 Å². The Bertz CT molecular complexity index is 611. The van der Waals surface area contributed by atoms with Crippen molar-refractivity contribution in [1.82, 2.24) is 5.32 Å². The van der Waals surface area contributed by atoms with Crippen LogP contribution in [0.2, 0.25) is 0 Å². The molecular formula is C17H20BrNO2. The largest absolute Gasteiger partial charge is 0.503 e. The molecule has 2 aromatic rings. The lowest BCUT2D eigenvalue weighted by Crippen LogP contribution is -2.18. The summed E-state index contributed by atoms with van der Waals surface area (Å²) in [6.07, 6.45) is 0. The van der Waals surface area contributed by atoms with Crippen LogP contribution in [-0.4, -0.2) is 12.2 Å². The number of phenolic OH excluding ortho intramolecular Hbond substituents is 1. The van der Waals surface area contributed by atoms with Crippen molar-refractivity contribution < 1.29 is 9.84 Å². The second-order valence-electron chi connectivity index (χ2n) is 5.14. The van der Waals surface area contributed by atoms with Crippen LogP contribution >= 0.6 is 15.9 Å². The molecule has 0 radical (unpaired) electrons. The SMILES string of the molecule is COc1cc(CNC(C)c2ccc(C)cc2)cc(Br)c1O. The number of methoxy groups -OCH3 is 1. The fraction of sp³-hybridized carbons (Fsp3) is 0.294. The third kappa shape index (κ3) is 3.99. The zero-order valence-corrected chi connectivity index (χ0v) is 14.1. The van der Waals surface area contributed by atoms with Crippen molar-refractivity contribution in [2.24, 2.45) is 0 Å². The smallest absolute Gasteiger partial charge is 0.172 e. The lowest BCUT2D eigenvalue weighted by atomic mass is 10.1. The van der Waals surface area contributed by atoms with Crippen molar-refractivity contribution in [2.75, 3.05) is 7.11 Å². The fourth-order valence-corrected chi connectivity index (χ4v) is 2.62. The molecule has 21 heavy (non-hydrogen) atoms. The average Bonchev–Trinajstić information content (AvgIpc) is 2.48. The first-order valence-corrected chi connectivity index (χ1v) is 7.66. The van der Waals surface area contributed by atoms with Crippen molar-refractivity contribution >= 4 is 15.9 Å². The Labute approximate surface area is 134 Å². The first kappa shape index (κ1) is 15.9. The van der Waals surface area contributed by atoms with E-state index in [0.717, 1.165) is 5.56 Å². The van der Waals surface area contributed by atoms with E-state index in [0.29, 0.717) is 16.8 Å². The molecule has 2 N–H and O–H groups in total. The molecule has 4 heteroatoms. The van der Waals surface area contributed by atoms with Crippen molar-refractivity contribution in [2.45, 2.75) is 26.4 Å². The predicted octanol–water partition coefficient (Wildman–Crippen LogP) is 4.32. The second-order valence-corrected chi connectivity index (χ2v) is 6.00. The summed E-state index contributed by atoms with van der Waals surface area (Å²) in [7, 11) is 1.55. The maximum absolute atomic E-state index is 9.81. The highest BCUT2D eigenvalue weighted by molar-refractivity contribution is 9.10. The van der Waals surface area contributed by atoms with Gasteiger partial charge in [-0.3, -0.25) is 0 Å². The Morgan fingerprint density at radius 2 is 1.90 bits per heavy atom. The molecule has 112 valence electrons. The Morgan fingerprint density at radius 1 is 1.24 bits per heavy atom. The molecule has 0 spiro atoms. The monoisotopic (exact) mass is 349 g/mol. The van der Waals surface area contributed by atoms with Gasteiger partial charge >= 0.3 is 0 Å². The number of hydrogen-bond donors (Lipinski definition) is 2. The van der Waals surface area contributed by atoms with E-state index >= 15 is 0 Å². The maximum atomic E-state index is 9.81. The molecule has 0 aliphatic heterocycles. The molecule has 2 aromatic carbocycles. The van der Waals surface area contributed by atoms with Crippen LogP contribution in [0.25, 0.3) is 0 Å². The zero-order valence-electron chi connectivity index (χ0n) is 12.5. The van der Waals surface area contributed by atoms with Crippen molar-refractivity contribution in [3.05, 3.63) is 57.6 Å². The van der Waals surface area contributed by atoms with Gasteiger partial charge in [0.2, 0.25) is 0 Å². The number of aryl methyl sites for hydroxylation is 1. The van der Waals surface area contributed by atoms with Gasteiger partial charge in [-0.05, 0) is 53.0 Å². The summed E-state index contributed by atoms with van der Waals surface area (Å²) in [4.78, 5) is 0. The Balaban J connectivity index is 2.05. The van der Waals surface area contributed by atoms with Crippen LogP contribution in [0.1, 0.15) is 29.7 Å². The summed E-state index contributed by atoms with van der Waals surface area (Å²) in [5.74, 6) is 0.608. The van der Waals surface area contributed by atoms with Gasteiger partial charge in [0.15, 0.2) is 11.5 Å². The summed E-state index contributed by atoms with van der Waals surface area (Å²) in [5.41, 5.74) is 3.57. The van der Waals surface area contributed by atoms with Gasteiger partial charge < -0.3 is 15.2 Å². The highest BCUT2D eigenvalue weighted by Gasteiger charge is 2.10. The van der Waals surface area contributed by atoms with Gasteiger partial charge in [0, 0.05) is 12.6 Å². The highest BCUT2D eigenvalue weighted by atomic mass is 79.9. The quantitative estimate of drug-likeness (QED) is 0.844. The first-order valence-electron chi connectivity index (χ1n) is 6.86.